The number of aromatic amines is 1. The number of aryl methyl sites for hydroxylation is 4. The van der Waals surface area contributed by atoms with Crippen LogP contribution in [0.5, 0.6) is 5.75 Å². The van der Waals surface area contributed by atoms with Crippen LogP contribution < -0.4 is 10.1 Å². The van der Waals surface area contributed by atoms with E-state index in [1.54, 1.807) is 18.5 Å². The maximum absolute atomic E-state index is 16.1. The molecule has 1 aliphatic carbocycles. The molecule has 0 unspecified atom stereocenters. The highest BCUT2D eigenvalue weighted by Gasteiger charge is 2.28. The first-order valence-electron chi connectivity index (χ1n) is 11.2. The third-order valence-electron chi connectivity index (χ3n) is 6.39. The lowest BCUT2D eigenvalue weighted by Crippen LogP contribution is -2.03. The first kappa shape index (κ1) is 20.6. The van der Waals surface area contributed by atoms with Crippen molar-refractivity contribution >= 4 is 33.6 Å². The van der Waals surface area contributed by atoms with E-state index in [9.17, 15) is 0 Å². The molecule has 1 saturated carbocycles. The molecule has 4 aromatic heterocycles. The quantitative estimate of drug-likeness (QED) is 0.371. The van der Waals surface area contributed by atoms with Crippen molar-refractivity contribution in [1.29, 1.82) is 0 Å². The van der Waals surface area contributed by atoms with Gasteiger partial charge < -0.3 is 19.6 Å². The van der Waals surface area contributed by atoms with Crippen LogP contribution in [0.15, 0.2) is 16.7 Å². The lowest BCUT2D eigenvalue weighted by Gasteiger charge is -2.12. The molecule has 10 heteroatoms. The smallest absolute Gasteiger partial charge is 0.175 e. The number of anilines is 2. The summed E-state index contributed by atoms with van der Waals surface area (Å²) in [5, 5.41) is 12.9. The van der Waals surface area contributed by atoms with Crippen LogP contribution in [0, 0.1) is 26.6 Å². The largest absolute Gasteiger partial charge is 0.493 e. The number of benzene rings is 1. The van der Waals surface area contributed by atoms with Crippen molar-refractivity contribution < 1.29 is 13.7 Å². The summed E-state index contributed by atoms with van der Waals surface area (Å²) in [5.74, 6) is 2.58. The van der Waals surface area contributed by atoms with Crippen LogP contribution >= 0.6 is 0 Å². The highest BCUT2D eigenvalue weighted by molar-refractivity contribution is 6.13. The number of halogens is 1. The number of hydrogen-bond acceptors (Lipinski definition) is 7. The molecule has 34 heavy (non-hydrogen) atoms. The second kappa shape index (κ2) is 7.28. The SMILES string of the molecule is COc1c(-c2c(C)noc2C)cc2[nH]c3nc(C)nc(Nc4cc(C5CC5)nn4C)c3c2c1F. The summed E-state index contributed by atoms with van der Waals surface area (Å²) in [7, 11) is 3.34. The zero-order valence-corrected chi connectivity index (χ0v) is 19.6. The third kappa shape index (κ3) is 3.05. The van der Waals surface area contributed by atoms with Crippen molar-refractivity contribution in [2.24, 2.45) is 7.05 Å². The fraction of sp³-hybridized carbons (Fsp3) is 0.333. The minimum Gasteiger partial charge on any atom is -0.493 e. The van der Waals surface area contributed by atoms with Crippen LogP contribution in [0.2, 0.25) is 0 Å². The molecule has 4 heterocycles. The monoisotopic (exact) mass is 461 g/mol. The van der Waals surface area contributed by atoms with Crippen molar-refractivity contribution in [3.05, 3.63) is 40.9 Å². The minimum absolute atomic E-state index is 0.117. The van der Waals surface area contributed by atoms with E-state index in [2.05, 4.69) is 30.5 Å². The molecule has 1 aromatic carbocycles. The Bertz CT molecular complexity index is 1570. The van der Waals surface area contributed by atoms with Gasteiger partial charge in [-0.05, 0) is 39.7 Å². The molecule has 0 atom stereocenters. The summed E-state index contributed by atoms with van der Waals surface area (Å²) in [4.78, 5) is 12.4. The Balaban J connectivity index is 1.59. The molecule has 0 aliphatic heterocycles. The van der Waals surface area contributed by atoms with Gasteiger partial charge in [-0.1, -0.05) is 5.16 Å². The van der Waals surface area contributed by atoms with E-state index in [-0.39, 0.29) is 5.75 Å². The maximum Gasteiger partial charge on any atom is 0.175 e. The molecule has 0 spiro atoms. The van der Waals surface area contributed by atoms with Crippen LogP contribution in [0.1, 0.15) is 41.7 Å². The van der Waals surface area contributed by atoms with Gasteiger partial charge in [-0.2, -0.15) is 5.10 Å². The predicted octanol–water partition coefficient (Wildman–Crippen LogP) is 5.19. The number of ether oxygens (including phenoxy) is 1. The number of nitrogens with zero attached hydrogens (tertiary/aromatic N) is 5. The van der Waals surface area contributed by atoms with Crippen LogP contribution in [0.3, 0.4) is 0 Å². The Morgan fingerprint density at radius 2 is 1.97 bits per heavy atom. The van der Waals surface area contributed by atoms with Gasteiger partial charge >= 0.3 is 0 Å². The fourth-order valence-corrected chi connectivity index (χ4v) is 4.65. The maximum atomic E-state index is 16.1. The summed E-state index contributed by atoms with van der Waals surface area (Å²) >= 11 is 0. The van der Waals surface area contributed by atoms with Crippen molar-refractivity contribution in [1.82, 2.24) is 29.9 Å². The normalized spacial score (nSPS) is 13.8. The van der Waals surface area contributed by atoms with Gasteiger partial charge in [0, 0.05) is 24.6 Å². The van der Waals surface area contributed by atoms with Gasteiger partial charge in [0.15, 0.2) is 11.6 Å². The Morgan fingerprint density at radius 1 is 1.18 bits per heavy atom. The molecule has 0 radical (unpaired) electrons. The third-order valence-corrected chi connectivity index (χ3v) is 6.39. The zero-order chi connectivity index (χ0) is 23.7. The van der Waals surface area contributed by atoms with Gasteiger partial charge in [-0.15, -0.1) is 0 Å². The number of fused-ring (bicyclic) bond motifs is 3. The molecule has 0 amide bonds. The first-order valence-corrected chi connectivity index (χ1v) is 11.2. The molecule has 6 rings (SSSR count). The van der Waals surface area contributed by atoms with Gasteiger partial charge in [0.1, 0.15) is 28.9 Å². The van der Waals surface area contributed by atoms with Crippen molar-refractivity contribution in [3.63, 3.8) is 0 Å². The average molecular weight is 462 g/mol. The molecule has 2 N–H and O–H groups in total. The molecular formula is C24H24FN7O2. The van der Waals surface area contributed by atoms with Crippen LogP contribution in [0.4, 0.5) is 16.0 Å². The minimum atomic E-state index is -0.500. The fourth-order valence-electron chi connectivity index (χ4n) is 4.65. The number of rotatable bonds is 5. The molecular weight excluding hydrogens is 437 g/mol. The average Bonchev–Trinajstić information content (AvgIpc) is 3.37. The zero-order valence-electron chi connectivity index (χ0n) is 19.6. The molecule has 0 saturated heterocycles. The molecule has 5 aromatic rings. The Morgan fingerprint density at radius 3 is 2.65 bits per heavy atom. The lowest BCUT2D eigenvalue weighted by atomic mass is 10.00. The van der Waals surface area contributed by atoms with E-state index in [4.69, 9.17) is 9.26 Å². The van der Waals surface area contributed by atoms with Gasteiger partial charge in [0.05, 0.1) is 40.4 Å². The Kier molecular flexibility index (Phi) is 4.42. The van der Waals surface area contributed by atoms with Gasteiger partial charge in [0.2, 0.25) is 0 Å². The van der Waals surface area contributed by atoms with Crippen LogP contribution in [-0.4, -0.2) is 37.0 Å². The predicted molar refractivity (Wildman–Crippen MR) is 126 cm³/mol. The molecule has 174 valence electrons. The number of nitrogens with one attached hydrogen (secondary N) is 2. The standard InChI is InChI=1S/C24H24FN7O2/c1-10-18(11(2)34-31-10)14-8-16-19(21(25)22(14)33-5)20-23(28-16)26-12(3)27-24(20)29-17-9-15(13-6-7-13)30-32(17)4/h8-9,13H,6-7H2,1-5H3,(H2,26,27,28,29). The summed E-state index contributed by atoms with van der Waals surface area (Å²) in [6.45, 7) is 5.42. The number of H-pyrrole nitrogens is 1. The van der Waals surface area contributed by atoms with Gasteiger partial charge in [-0.3, -0.25) is 4.68 Å². The van der Waals surface area contributed by atoms with E-state index in [0.717, 1.165) is 24.4 Å². The van der Waals surface area contributed by atoms with Gasteiger partial charge in [0.25, 0.3) is 0 Å². The van der Waals surface area contributed by atoms with Crippen molar-refractivity contribution in [2.45, 2.75) is 39.5 Å². The van der Waals surface area contributed by atoms with Crippen molar-refractivity contribution in [3.8, 4) is 16.9 Å². The van der Waals surface area contributed by atoms with Gasteiger partial charge in [-0.25, -0.2) is 14.4 Å². The molecule has 1 fully saturated rings. The number of methoxy groups -OCH3 is 1. The van der Waals surface area contributed by atoms with E-state index >= 15 is 4.39 Å². The molecule has 0 bridgehead atoms. The first-order chi connectivity index (χ1) is 16.4. The summed E-state index contributed by atoms with van der Waals surface area (Å²) < 4.78 is 28.7. The Hall–Kier alpha value is -3.95. The second-order valence-corrected chi connectivity index (χ2v) is 8.84. The van der Waals surface area contributed by atoms with E-state index in [1.807, 2.05) is 26.1 Å². The van der Waals surface area contributed by atoms with E-state index in [0.29, 0.717) is 62.1 Å². The highest BCUT2D eigenvalue weighted by atomic mass is 19.1. The lowest BCUT2D eigenvalue weighted by molar-refractivity contribution is 0.389. The highest BCUT2D eigenvalue weighted by Crippen LogP contribution is 2.44. The Labute approximate surface area is 194 Å². The number of hydrogen-bond donors (Lipinski definition) is 2. The van der Waals surface area contributed by atoms with E-state index < -0.39 is 5.82 Å². The molecule has 9 nitrogen and oxygen atoms in total. The summed E-state index contributed by atoms with van der Waals surface area (Å²) in [6, 6.07) is 3.88. The summed E-state index contributed by atoms with van der Waals surface area (Å²) in [6.07, 6.45) is 2.32. The second-order valence-electron chi connectivity index (χ2n) is 8.84. The van der Waals surface area contributed by atoms with Crippen LogP contribution in [0.25, 0.3) is 33.1 Å². The van der Waals surface area contributed by atoms with Crippen LogP contribution in [-0.2, 0) is 7.05 Å². The summed E-state index contributed by atoms with van der Waals surface area (Å²) in [5.41, 5.74) is 4.10. The molecule has 1 aliphatic rings. The van der Waals surface area contributed by atoms with E-state index in [1.165, 1.54) is 7.11 Å². The number of aromatic nitrogens is 6. The van der Waals surface area contributed by atoms with Crippen molar-refractivity contribution in [2.75, 3.05) is 12.4 Å². The topological polar surface area (TPSA) is 107 Å².